The van der Waals surface area contributed by atoms with Gasteiger partial charge in [-0.3, -0.25) is 4.79 Å². The lowest BCUT2D eigenvalue weighted by Gasteiger charge is -2.17. The minimum absolute atomic E-state index is 0.0139. The van der Waals surface area contributed by atoms with Gasteiger partial charge in [-0.05, 0) is 26.0 Å². The molecule has 0 aliphatic carbocycles. The zero-order valence-corrected chi connectivity index (χ0v) is 12.2. The highest BCUT2D eigenvalue weighted by molar-refractivity contribution is 5.93. The maximum Gasteiger partial charge on any atom is 0.337 e. The Bertz CT molecular complexity index is 691. The molecule has 22 heavy (non-hydrogen) atoms. The number of amides is 1. The van der Waals surface area contributed by atoms with Gasteiger partial charge in [-0.15, -0.1) is 0 Å². The maximum atomic E-state index is 12.0. The summed E-state index contributed by atoms with van der Waals surface area (Å²) in [6.45, 7) is 2.26. The molecular weight excluding hydrogens is 288 g/mol. The van der Waals surface area contributed by atoms with Crippen LogP contribution in [-0.2, 0) is 4.79 Å². The van der Waals surface area contributed by atoms with Crippen molar-refractivity contribution in [3.63, 3.8) is 0 Å². The third-order valence-electron chi connectivity index (χ3n) is 3.08. The first-order chi connectivity index (χ1) is 10.3. The molecule has 7 heteroatoms. The number of aliphatic hydroxyl groups is 1. The van der Waals surface area contributed by atoms with Crippen LogP contribution < -0.4 is 5.32 Å². The standard InChI is InChI=1S/C15H16N2O5/c1-9-11(12(18)16-8-15(2,21)14(19)20)22-13(17-9)10-6-4-3-5-7-10/h3-7,21H,8H2,1-2H3,(H,16,18)(H,19,20). The van der Waals surface area contributed by atoms with Gasteiger partial charge >= 0.3 is 5.97 Å². The van der Waals surface area contributed by atoms with Crippen LogP contribution in [0.4, 0.5) is 0 Å². The molecule has 0 radical (unpaired) electrons. The summed E-state index contributed by atoms with van der Waals surface area (Å²) in [6, 6.07) is 9.07. The van der Waals surface area contributed by atoms with Crippen molar-refractivity contribution < 1.29 is 24.2 Å². The van der Waals surface area contributed by atoms with Crippen molar-refractivity contribution in [2.75, 3.05) is 6.54 Å². The maximum absolute atomic E-state index is 12.0. The fraction of sp³-hybridized carbons (Fsp3) is 0.267. The number of oxazole rings is 1. The Morgan fingerprint density at radius 2 is 1.95 bits per heavy atom. The van der Waals surface area contributed by atoms with Crippen LogP contribution in [0.2, 0.25) is 0 Å². The number of aliphatic carboxylic acids is 1. The number of aromatic nitrogens is 1. The number of carboxylic acids is 1. The van der Waals surface area contributed by atoms with Gasteiger partial charge in [-0.2, -0.15) is 0 Å². The van der Waals surface area contributed by atoms with Crippen LogP contribution >= 0.6 is 0 Å². The molecule has 0 saturated heterocycles. The van der Waals surface area contributed by atoms with Gasteiger partial charge in [-0.1, -0.05) is 18.2 Å². The summed E-state index contributed by atoms with van der Waals surface area (Å²) in [5.41, 5.74) is -0.945. The Morgan fingerprint density at radius 3 is 2.55 bits per heavy atom. The van der Waals surface area contributed by atoms with E-state index in [0.29, 0.717) is 11.6 Å². The number of rotatable bonds is 5. The Hall–Kier alpha value is -2.67. The third kappa shape index (κ3) is 3.32. The SMILES string of the molecule is Cc1nc(-c2ccccc2)oc1C(=O)NCC(C)(O)C(=O)O. The molecule has 116 valence electrons. The highest BCUT2D eigenvalue weighted by Crippen LogP contribution is 2.21. The minimum Gasteiger partial charge on any atom is -0.479 e. The molecular formula is C15H16N2O5. The van der Waals surface area contributed by atoms with Crippen LogP contribution in [0.1, 0.15) is 23.2 Å². The highest BCUT2D eigenvalue weighted by Gasteiger charge is 2.31. The molecule has 1 aromatic carbocycles. The van der Waals surface area contributed by atoms with E-state index in [4.69, 9.17) is 9.52 Å². The van der Waals surface area contributed by atoms with Gasteiger partial charge in [0.15, 0.2) is 5.60 Å². The normalized spacial score (nSPS) is 13.4. The van der Waals surface area contributed by atoms with E-state index in [2.05, 4.69) is 10.3 Å². The first kappa shape index (κ1) is 15.7. The molecule has 3 N–H and O–H groups in total. The molecule has 0 spiro atoms. The number of carbonyl (C=O) groups is 2. The molecule has 1 aromatic heterocycles. The van der Waals surface area contributed by atoms with Crippen molar-refractivity contribution in [2.24, 2.45) is 0 Å². The zero-order chi connectivity index (χ0) is 16.3. The molecule has 1 heterocycles. The quantitative estimate of drug-likeness (QED) is 0.765. The number of hydrogen-bond donors (Lipinski definition) is 3. The molecule has 0 fully saturated rings. The molecule has 0 aliphatic heterocycles. The Morgan fingerprint density at radius 1 is 1.32 bits per heavy atom. The second kappa shape index (κ2) is 5.98. The average molecular weight is 304 g/mol. The molecule has 1 atom stereocenters. The molecule has 0 bridgehead atoms. The number of nitrogens with zero attached hydrogens (tertiary/aromatic N) is 1. The number of carbonyl (C=O) groups excluding carboxylic acids is 1. The monoisotopic (exact) mass is 304 g/mol. The summed E-state index contributed by atoms with van der Waals surface area (Å²) in [5.74, 6) is -1.77. The van der Waals surface area contributed by atoms with Crippen LogP contribution in [-0.4, -0.2) is 39.2 Å². The number of aryl methyl sites for hydroxylation is 1. The zero-order valence-electron chi connectivity index (χ0n) is 12.2. The molecule has 1 amide bonds. The predicted octanol–water partition coefficient (Wildman–Crippen LogP) is 1.22. The van der Waals surface area contributed by atoms with Crippen molar-refractivity contribution >= 4 is 11.9 Å². The van der Waals surface area contributed by atoms with E-state index in [1.807, 2.05) is 18.2 Å². The topological polar surface area (TPSA) is 113 Å². The lowest BCUT2D eigenvalue weighted by molar-refractivity contribution is -0.155. The van der Waals surface area contributed by atoms with E-state index in [1.165, 1.54) is 0 Å². The number of carboxylic acid groups (broad SMARTS) is 1. The van der Waals surface area contributed by atoms with E-state index >= 15 is 0 Å². The summed E-state index contributed by atoms with van der Waals surface area (Å²) in [5, 5.41) is 20.7. The Balaban J connectivity index is 2.15. The smallest absolute Gasteiger partial charge is 0.337 e. The van der Waals surface area contributed by atoms with E-state index in [0.717, 1.165) is 12.5 Å². The van der Waals surface area contributed by atoms with Crippen molar-refractivity contribution in [1.29, 1.82) is 0 Å². The van der Waals surface area contributed by atoms with Gasteiger partial charge in [0, 0.05) is 5.56 Å². The third-order valence-corrected chi connectivity index (χ3v) is 3.08. The van der Waals surface area contributed by atoms with Crippen LogP contribution in [0.25, 0.3) is 11.5 Å². The number of benzene rings is 1. The first-order valence-corrected chi connectivity index (χ1v) is 6.58. The fourth-order valence-corrected chi connectivity index (χ4v) is 1.72. The van der Waals surface area contributed by atoms with E-state index < -0.39 is 24.0 Å². The van der Waals surface area contributed by atoms with E-state index in [1.54, 1.807) is 19.1 Å². The molecule has 0 saturated carbocycles. The lowest BCUT2D eigenvalue weighted by atomic mass is 10.1. The molecule has 1 unspecified atom stereocenters. The van der Waals surface area contributed by atoms with E-state index in [9.17, 15) is 14.7 Å². The van der Waals surface area contributed by atoms with Gasteiger partial charge in [0.2, 0.25) is 11.7 Å². The number of hydrogen-bond acceptors (Lipinski definition) is 5. The van der Waals surface area contributed by atoms with Gasteiger partial charge in [0.1, 0.15) is 0 Å². The molecule has 2 rings (SSSR count). The van der Waals surface area contributed by atoms with Crippen LogP contribution in [0.3, 0.4) is 0 Å². The van der Waals surface area contributed by atoms with Crippen molar-refractivity contribution in [3.8, 4) is 11.5 Å². The van der Waals surface area contributed by atoms with Crippen LogP contribution in [0, 0.1) is 6.92 Å². The van der Waals surface area contributed by atoms with Crippen molar-refractivity contribution in [1.82, 2.24) is 10.3 Å². The van der Waals surface area contributed by atoms with Crippen molar-refractivity contribution in [3.05, 3.63) is 41.8 Å². The van der Waals surface area contributed by atoms with Gasteiger partial charge in [0.05, 0.1) is 12.2 Å². The average Bonchev–Trinajstić information content (AvgIpc) is 2.88. The fourth-order valence-electron chi connectivity index (χ4n) is 1.72. The molecule has 7 nitrogen and oxygen atoms in total. The summed E-state index contributed by atoms with van der Waals surface area (Å²) in [6.07, 6.45) is 0. The predicted molar refractivity (Wildman–Crippen MR) is 77.3 cm³/mol. The summed E-state index contributed by atoms with van der Waals surface area (Å²) in [7, 11) is 0. The van der Waals surface area contributed by atoms with Gasteiger partial charge in [-0.25, -0.2) is 9.78 Å². The lowest BCUT2D eigenvalue weighted by Crippen LogP contribution is -2.46. The Labute approximate surface area is 126 Å². The first-order valence-electron chi connectivity index (χ1n) is 6.58. The largest absolute Gasteiger partial charge is 0.479 e. The second-order valence-corrected chi connectivity index (χ2v) is 5.06. The van der Waals surface area contributed by atoms with Crippen LogP contribution in [0.15, 0.2) is 34.7 Å². The van der Waals surface area contributed by atoms with Crippen molar-refractivity contribution in [2.45, 2.75) is 19.4 Å². The van der Waals surface area contributed by atoms with Gasteiger partial charge in [0.25, 0.3) is 5.91 Å². The van der Waals surface area contributed by atoms with E-state index in [-0.39, 0.29) is 5.76 Å². The van der Waals surface area contributed by atoms with Crippen LogP contribution in [0.5, 0.6) is 0 Å². The number of nitrogens with one attached hydrogen (secondary N) is 1. The molecule has 2 aromatic rings. The summed E-state index contributed by atoms with van der Waals surface area (Å²) in [4.78, 5) is 27.0. The molecule has 0 aliphatic rings. The van der Waals surface area contributed by atoms with Gasteiger partial charge < -0.3 is 19.9 Å². The second-order valence-electron chi connectivity index (χ2n) is 5.06. The summed E-state index contributed by atoms with van der Waals surface area (Å²) < 4.78 is 5.44. The minimum atomic E-state index is -2.05. The summed E-state index contributed by atoms with van der Waals surface area (Å²) >= 11 is 0. The highest BCUT2D eigenvalue weighted by atomic mass is 16.4. The Kier molecular flexibility index (Phi) is 4.27.